The zero-order chi connectivity index (χ0) is 8.48. The summed E-state index contributed by atoms with van der Waals surface area (Å²) in [5.74, 6) is 0. The molecular formula is C6H9NO3S. The zero-order valence-corrected chi connectivity index (χ0v) is 7.14. The Kier molecular flexibility index (Phi) is 2.08. The summed E-state index contributed by atoms with van der Waals surface area (Å²) >= 11 is 0.706. The average molecular weight is 175 g/mol. The second kappa shape index (κ2) is 2.73. The van der Waals surface area contributed by atoms with Crippen molar-refractivity contribution in [2.75, 3.05) is 0 Å². The molecule has 0 spiro atoms. The number of hydrogen-bond acceptors (Lipinski definition) is 4. The van der Waals surface area contributed by atoms with Gasteiger partial charge in [0.1, 0.15) is 10.6 Å². The maximum atomic E-state index is 10.2. The normalized spacial score (nSPS) is 20.7. The van der Waals surface area contributed by atoms with Gasteiger partial charge in [-0.3, -0.25) is 0 Å². The fraction of sp³-hybridized carbons (Fsp3) is 0.667. The number of rotatable bonds is 0. The van der Waals surface area contributed by atoms with Crippen LogP contribution >= 0.6 is 11.8 Å². The fourth-order valence-corrected chi connectivity index (χ4v) is 1.45. The lowest BCUT2D eigenvalue weighted by Crippen LogP contribution is -2.18. The van der Waals surface area contributed by atoms with Crippen LogP contribution in [-0.2, 0) is 4.84 Å². The van der Waals surface area contributed by atoms with Gasteiger partial charge in [-0.25, -0.2) is 4.79 Å². The Bertz CT molecular complexity index is 212. The average Bonchev–Trinajstić information content (AvgIpc) is 2.08. The van der Waals surface area contributed by atoms with E-state index in [1.54, 1.807) is 0 Å². The van der Waals surface area contributed by atoms with Gasteiger partial charge in [0, 0.05) is 18.2 Å². The van der Waals surface area contributed by atoms with Crippen LogP contribution in [0.15, 0.2) is 5.16 Å². The molecule has 1 N–H and O–H groups in total. The maximum Gasteiger partial charge on any atom is 0.371 e. The quantitative estimate of drug-likeness (QED) is 0.611. The number of thioether (sulfide) groups is 1. The van der Waals surface area contributed by atoms with Gasteiger partial charge in [-0.1, -0.05) is 5.16 Å². The molecule has 5 heteroatoms. The first kappa shape index (κ1) is 8.39. The third kappa shape index (κ3) is 2.42. The van der Waals surface area contributed by atoms with Crippen molar-refractivity contribution in [3.8, 4) is 0 Å². The van der Waals surface area contributed by atoms with Crippen molar-refractivity contribution < 1.29 is 14.7 Å². The lowest BCUT2D eigenvalue weighted by atomic mass is 10.1. The highest BCUT2D eigenvalue weighted by molar-refractivity contribution is 8.26. The Morgan fingerprint density at radius 2 is 2.45 bits per heavy atom. The van der Waals surface area contributed by atoms with E-state index in [4.69, 9.17) is 9.94 Å². The number of oxime groups is 1. The summed E-state index contributed by atoms with van der Waals surface area (Å²) in [7, 11) is 0. The van der Waals surface area contributed by atoms with Crippen molar-refractivity contribution >= 4 is 22.1 Å². The van der Waals surface area contributed by atoms with Gasteiger partial charge in [-0.2, -0.15) is 0 Å². The highest BCUT2D eigenvalue weighted by Crippen LogP contribution is 2.27. The van der Waals surface area contributed by atoms with Gasteiger partial charge in [0.15, 0.2) is 0 Å². The maximum absolute atomic E-state index is 10.2. The Hall–Kier alpha value is -0.710. The molecule has 11 heavy (non-hydrogen) atoms. The molecule has 62 valence electrons. The first-order valence-electron chi connectivity index (χ1n) is 3.15. The number of carbonyl (C=O) groups is 1. The van der Waals surface area contributed by atoms with Crippen molar-refractivity contribution in [1.29, 1.82) is 0 Å². The molecule has 1 aliphatic heterocycles. The molecule has 0 bridgehead atoms. The van der Waals surface area contributed by atoms with E-state index in [9.17, 15) is 4.79 Å². The molecule has 0 radical (unpaired) electrons. The van der Waals surface area contributed by atoms with Crippen LogP contribution in [-0.4, -0.2) is 21.1 Å². The Morgan fingerprint density at radius 1 is 1.82 bits per heavy atom. The van der Waals surface area contributed by atoms with Crippen LogP contribution in [0.25, 0.3) is 0 Å². The van der Waals surface area contributed by atoms with Gasteiger partial charge in [-0.05, 0) is 13.8 Å². The fourth-order valence-electron chi connectivity index (χ4n) is 0.759. The molecule has 0 aromatic carbocycles. The molecule has 1 heterocycles. The standard InChI is InChI=1S/C6H9NO3S/c1-6(2)3-4(7-10-6)11-5(8)9/h3H2,1-2H3,(H,8,9). The van der Waals surface area contributed by atoms with Crippen LogP contribution in [0, 0.1) is 0 Å². The van der Waals surface area contributed by atoms with Crippen molar-refractivity contribution in [3.05, 3.63) is 0 Å². The molecule has 0 aliphatic carbocycles. The minimum atomic E-state index is -0.940. The van der Waals surface area contributed by atoms with Crippen LogP contribution in [0.1, 0.15) is 20.3 Å². The smallest absolute Gasteiger partial charge is 0.371 e. The van der Waals surface area contributed by atoms with Crippen molar-refractivity contribution in [1.82, 2.24) is 0 Å². The molecule has 1 aliphatic rings. The molecule has 0 aromatic rings. The lowest BCUT2D eigenvalue weighted by Gasteiger charge is -2.12. The molecule has 4 nitrogen and oxygen atoms in total. The second-order valence-corrected chi connectivity index (χ2v) is 3.91. The van der Waals surface area contributed by atoms with Gasteiger partial charge < -0.3 is 9.94 Å². The van der Waals surface area contributed by atoms with E-state index in [1.807, 2.05) is 13.8 Å². The summed E-state index contributed by atoms with van der Waals surface area (Å²) in [6.07, 6.45) is 0.573. The first-order chi connectivity index (χ1) is 4.99. The Morgan fingerprint density at radius 3 is 2.82 bits per heavy atom. The molecule has 1 rings (SSSR count). The number of nitrogens with zero attached hydrogens (tertiary/aromatic N) is 1. The third-order valence-electron chi connectivity index (χ3n) is 1.18. The van der Waals surface area contributed by atoms with Crippen molar-refractivity contribution in [2.24, 2.45) is 5.16 Å². The molecule has 0 saturated heterocycles. The molecule has 0 saturated carbocycles. The van der Waals surface area contributed by atoms with Crippen LogP contribution < -0.4 is 0 Å². The molecule has 0 fully saturated rings. The van der Waals surface area contributed by atoms with Crippen LogP contribution in [0.3, 0.4) is 0 Å². The van der Waals surface area contributed by atoms with Gasteiger partial charge in [0.2, 0.25) is 0 Å². The predicted molar refractivity (Wildman–Crippen MR) is 42.8 cm³/mol. The lowest BCUT2D eigenvalue weighted by molar-refractivity contribution is 0.0123. The number of hydrogen-bond donors (Lipinski definition) is 1. The molecule has 0 aromatic heterocycles. The van der Waals surface area contributed by atoms with E-state index in [1.165, 1.54) is 0 Å². The molecule has 0 amide bonds. The summed E-state index contributed by atoms with van der Waals surface area (Å²) in [6.45, 7) is 3.73. The van der Waals surface area contributed by atoms with E-state index in [-0.39, 0.29) is 5.60 Å². The monoisotopic (exact) mass is 175 g/mol. The van der Waals surface area contributed by atoms with E-state index >= 15 is 0 Å². The van der Waals surface area contributed by atoms with Gasteiger partial charge in [-0.15, -0.1) is 0 Å². The largest absolute Gasteiger partial charge is 0.473 e. The summed E-state index contributed by atoms with van der Waals surface area (Å²) in [5, 5.41) is 11.6. The van der Waals surface area contributed by atoms with E-state index in [0.717, 1.165) is 0 Å². The molecule has 0 unspecified atom stereocenters. The van der Waals surface area contributed by atoms with Gasteiger partial charge >= 0.3 is 5.30 Å². The SMILES string of the molecule is CC1(C)CC(SC(=O)O)=NO1. The summed E-state index contributed by atoms with van der Waals surface area (Å²) in [5.41, 5.74) is -0.336. The molecular weight excluding hydrogens is 166 g/mol. The first-order valence-corrected chi connectivity index (χ1v) is 3.97. The van der Waals surface area contributed by atoms with Crippen LogP contribution in [0.2, 0.25) is 0 Å². The van der Waals surface area contributed by atoms with Gasteiger partial charge in [0.05, 0.1) is 0 Å². The minimum Gasteiger partial charge on any atom is -0.473 e. The van der Waals surface area contributed by atoms with Crippen molar-refractivity contribution in [2.45, 2.75) is 25.9 Å². The highest BCUT2D eigenvalue weighted by atomic mass is 32.2. The zero-order valence-electron chi connectivity index (χ0n) is 6.33. The molecule has 0 atom stereocenters. The topological polar surface area (TPSA) is 58.9 Å². The second-order valence-electron chi connectivity index (χ2n) is 2.88. The van der Waals surface area contributed by atoms with Crippen LogP contribution in [0.5, 0.6) is 0 Å². The predicted octanol–water partition coefficient (Wildman–Crippen LogP) is 1.91. The summed E-state index contributed by atoms with van der Waals surface area (Å²) in [6, 6.07) is 0. The number of carboxylic acid groups (broad SMARTS) is 1. The third-order valence-corrected chi connectivity index (χ3v) is 1.81. The van der Waals surface area contributed by atoms with Gasteiger partial charge in [0.25, 0.3) is 0 Å². The summed E-state index contributed by atoms with van der Waals surface area (Å²) in [4.78, 5) is 15.2. The Balaban J connectivity index is 2.47. The van der Waals surface area contributed by atoms with Crippen LogP contribution in [0.4, 0.5) is 4.79 Å². The Labute approximate surface area is 68.6 Å². The van der Waals surface area contributed by atoms with E-state index in [2.05, 4.69) is 5.16 Å². The minimum absolute atomic E-state index is 0.336. The van der Waals surface area contributed by atoms with E-state index in [0.29, 0.717) is 23.2 Å². The highest BCUT2D eigenvalue weighted by Gasteiger charge is 2.30. The summed E-state index contributed by atoms with van der Waals surface area (Å²) < 4.78 is 0. The van der Waals surface area contributed by atoms with Crippen molar-refractivity contribution in [3.63, 3.8) is 0 Å². The van der Waals surface area contributed by atoms with E-state index < -0.39 is 5.30 Å².